The molecular formula is C23H37IN6O2. The zero-order chi connectivity index (χ0) is 22.1. The van der Waals surface area contributed by atoms with E-state index in [9.17, 15) is 0 Å². The van der Waals surface area contributed by atoms with Crippen molar-refractivity contribution in [3.8, 4) is 11.5 Å². The fourth-order valence-corrected chi connectivity index (χ4v) is 3.93. The highest BCUT2D eigenvalue weighted by Gasteiger charge is 2.15. The first-order valence-electron chi connectivity index (χ1n) is 11.3. The fraction of sp³-hybridized carbons (Fsp3) is 0.609. The average molecular weight is 556 g/mol. The van der Waals surface area contributed by atoms with Gasteiger partial charge in [-0.25, -0.2) is 0 Å². The Morgan fingerprint density at radius 1 is 1.19 bits per heavy atom. The molecule has 0 amide bonds. The van der Waals surface area contributed by atoms with Gasteiger partial charge in [-0.05, 0) is 38.3 Å². The predicted octanol–water partition coefficient (Wildman–Crippen LogP) is 3.67. The molecule has 0 saturated carbocycles. The van der Waals surface area contributed by atoms with Gasteiger partial charge in [-0.15, -0.1) is 34.2 Å². The van der Waals surface area contributed by atoms with Crippen LogP contribution in [0.1, 0.15) is 49.8 Å². The molecule has 0 atom stereocenters. The van der Waals surface area contributed by atoms with Crippen LogP contribution in [-0.4, -0.2) is 60.0 Å². The molecule has 1 aromatic carbocycles. The van der Waals surface area contributed by atoms with E-state index in [2.05, 4.69) is 31.9 Å². The number of halogens is 1. The van der Waals surface area contributed by atoms with Gasteiger partial charge in [0.05, 0.1) is 14.2 Å². The number of hydrogen-bond donors (Lipinski definition) is 1. The minimum absolute atomic E-state index is 0. The topological polar surface area (TPSA) is 76.8 Å². The Morgan fingerprint density at radius 2 is 2.03 bits per heavy atom. The maximum absolute atomic E-state index is 5.54. The van der Waals surface area contributed by atoms with Gasteiger partial charge >= 0.3 is 0 Å². The van der Waals surface area contributed by atoms with Gasteiger partial charge in [0.15, 0.2) is 5.96 Å². The molecule has 1 N–H and O–H groups in total. The maximum Gasteiger partial charge on any atom is 0.193 e. The number of benzene rings is 1. The number of aromatic nitrogens is 3. The number of aryl methyl sites for hydroxylation is 2. The van der Waals surface area contributed by atoms with E-state index in [4.69, 9.17) is 14.5 Å². The molecule has 1 aliphatic rings. The van der Waals surface area contributed by atoms with Gasteiger partial charge in [-0.2, -0.15) is 0 Å². The van der Waals surface area contributed by atoms with Crippen LogP contribution in [0.3, 0.4) is 0 Å². The monoisotopic (exact) mass is 556 g/mol. The third-order valence-corrected chi connectivity index (χ3v) is 5.60. The van der Waals surface area contributed by atoms with Crippen LogP contribution in [0.5, 0.6) is 11.5 Å². The van der Waals surface area contributed by atoms with Crippen LogP contribution in [0.15, 0.2) is 23.2 Å². The molecule has 1 aromatic heterocycles. The van der Waals surface area contributed by atoms with Crippen molar-refractivity contribution in [2.75, 3.05) is 34.4 Å². The summed E-state index contributed by atoms with van der Waals surface area (Å²) in [5, 5.41) is 12.2. The number of nitrogens with zero attached hydrogens (tertiary/aromatic N) is 5. The summed E-state index contributed by atoms with van der Waals surface area (Å²) < 4.78 is 13.2. The standard InChI is InChI=1S/C23H36N6O2.HI/c1-5-24-23(28(2)17-18-12-13-19(30-3)16-20(18)31-4)25-14-9-11-22-27-26-21-10-7-6-8-15-29(21)22;/h12-13,16H,5-11,14-15,17H2,1-4H3,(H,24,25);1H. The lowest BCUT2D eigenvalue weighted by atomic mass is 10.2. The summed E-state index contributed by atoms with van der Waals surface area (Å²) in [4.78, 5) is 6.96. The molecule has 0 bridgehead atoms. The van der Waals surface area contributed by atoms with Crippen LogP contribution in [0.25, 0.3) is 0 Å². The third-order valence-electron chi connectivity index (χ3n) is 5.60. The first kappa shape index (κ1) is 26.2. The number of methoxy groups -OCH3 is 2. The average Bonchev–Trinajstić information content (AvgIpc) is 3.01. The molecule has 1 aliphatic heterocycles. The zero-order valence-corrected chi connectivity index (χ0v) is 22.1. The summed E-state index contributed by atoms with van der Waals surface area (Å²) in [6.45, 7) is 5.39. The van der Waals surface area contributed by atoms with Crippen molar-refractivity contribution < 1.29 is 9.47 Å². The van der Waals surface area contributed by atoms with E-state index in [1.165, 1.54) is 19.3 Å². The van der Waals surface area contributed by atoms with Crippen LogP contribution in [-0.2, 0) is 25.9 Å². The van der Waals surface area contributed by atoms with Gasteiger partial charge in [0.1, 0.15) is 23.1 Å². The van der Waals surface area contributed by atoms with E-state index < -0.39 is 0 Å². The molecule has 178 valence electrons. The van der Waals surface area contributed by atoms with Crippen molar-refractivity contribution in [1.82, 2.24) is 25.0 Å². The van der Waals surface area contributed by atoms with Gasteiger partial charge in [0.25, 0.3) is 0 Å². The van der Waals surface area contributed by atoms with E-state index in [-0.39, 0.29) is 24.0 Å². The first-order valence-corrected chi connectivity index (χ1v) is 11.3. The van der Waals surface area contributed by atoms with E-state index in [0.717, 1.165) is 73.6 Å². The molecule has 0 radical (unpaired) electrons. The van der Waals surface area contributed by atoms with Crippen molar-refractivity contribution >= 4 is 29.9 Å². The smallest absolute Gasteiger partial charge is 0.193 e. The molecule has 3 rings (SSSR count). The number of guanidine groups is 1. The quantitative estimate of drug-likeness (QED) is 0.220. The minimum Gasteiger partial charge on any atom is -0.497 e. The largest absolute Gasteiger partial charge is 0.497 e. The second-order valence-corrected chi connectivity index (χ2v) is 7.87. The molecule has 0 aliphatic carbocycles. The predicted molar refractivity (Wildman–Crippen MR) is 138 cm³/mol. The number of fused-ring (bicyclic) bond motifs is 1. The van der Waals surface area contributed by atoms with Gasteiger partial charge in [0, 0.05) is 57.7 Å². The van der Waals surface area contributed by atoms with Crippen LogP contribution < -0.4 is 14.8 Å². The number of nitrogens with one attached hydrogen (secondary N) is 1. The fourth-order valence-electron chi connectivity index (χ4n) is 3.93. The first-order chi connectivity index (χ1) is 15.2. The molecule has 0 spiro atoms. The Balaban J connectivity index is 0.00000363. The second kappa shape index (κ2) is 13.5. The van der Waals surface area contributed by atoms with Crippen molar-refractivity contribution in [2.24, 2.45) is 4.99 Å². The van der Waals surface area contributed by atoms with Crippen molar-refractivity contribution in [3.63, 3.8) is 0 Å². The van der Waals surface area contributed by atoms with Crippen molar-refractivity contribution in [1.29, 1.82) is 0 Å². The molecule has 2 heterocycles. The van der Waals surface area contributed by atoms with E-state index >= 15 is 0 Å². The molecule has 2 aromatic rings. The van der Waals surface area contributed by atoms with Gasteiger partial charge in [0.2, 0.25) is 0 Å². The van der Waals surface area contributed by atoms with Gasteiger partial charge in [-0.1, -0.05) is 6.42 Å². The highest BCUT2D eigenvalue weighted by atomic mass is 127. The van der Waals surface area contributed by atoms with E-state index in [1.54, 1.807) is 14.2 Å². The van der Waals surface area contributed by atoms with Crippen LogP contribution in [0.4, 0.5) is 0 Å². The van der Waals surface area contributed by atoms with Crippen molar-refractivity contribution in [3.05, 3.63) is 35.4 Å². The number of ether oxygens (including phenoxy) is 2. The minimum atomic E-state index is 0. The summed E-state index contributed by atoms with van der Waals surface area (Å²) in [7, 11) is 5.39. The normalized spacial score (nSPS) is 13.6. The molecule has 8 nitrogen and oxygen atoms in total. The summed E-state index contributed by atoms with van der Waals surface area (Å²) >= 11 is 0. The Kier molecular flexibility index (Phi) is 11.1. The Bertz CT molecular complexity index is 870. The number of aliphatic imine (C=N–C) groups is 1. The second-order valence-electron chi connectivity index (χ2n) is 7.87. The summed E-state index contributed by atoms with van der Waals surface area (Å²) in [5.41, 5.74) is 1.09. The summed E-state index contributed by atoms with van der Waals surface area (Å²) in [6, 6.07) is 5.90. The van der Waals surface area contributed by atoms with Crippen LogP contribution >= 0.6 is 24.0 Å². The molecule has 0 fully saturated rings. The molecule has 9 heteroatoms. The maximum atomic E-state index is 5.54. The third kappa shape index (κ3) is 6.98. The molecule has 32 heavy (non-hydrogen) atoms. The van der Waals surface area contributed by atoms with E-state index in [0.29, 0.717) is 6.54 Å². The van der Waals surface area contributed by atoms with Crippen LogP contribution in [0, 0.1) is 0 Å². The zero-order valence-electron chi connectivity index (χ0n) is 19.8. The lowest BCUT2D eigenvalue weighted by Crippen LogP contribution is -2.38. The Morgan fingerprint density at radius 3 is 2.78 bits per heavy atom. The van der Waals surface area contributed by atoms with Crippen molar-refractivity contribution in [2.45, 2.75) is 58.5 Å². The lowest BCUT2D eigenvalue weighted by Gasteiger charge is -2.23. The van der Waals surface area contributed by atoms with E-state index in [1.807, 2.05) is 25.2 Å². The Labute approximate surface area is 208 Å². The number of rotatable bonds is 9. The van der Waals surface area contributed by atoms with Gasteiger partial charge in [-0.3, -0.25) is 4.99 Å². The summed E-state index contributed by atoms with van der Waals surface area (Å²) in [5.74, 6) is 4.75. The molecule has 0 unspecified atom stereocenters. The molecule has 0 saturated heterocycles. The Hall–Kier alpha value is -2.04. The highest BCUT2D eigenvalue weighted by Crippen LogP contribution is 2.25. The molecular weight excluding hydrogens is 519 g/mol. The highest BCUT2D eigenvalue weighted by molar-refractivity contribution is 14.0. The SMILES string of the molecule is CCNC(=NCCCc1nnc2n1CCCCC2)N(C)Cc1ccc(OC)cc1OC.I. The van der Waals surface area contributed by atoms with Crippen LogP contribution in [0.2, 0.25) is 0 Å². The van der Waals surface area contributed by atoms with Gasteiger partial charge < -0.3 is 24.3 Å². The summed E-state index contributed by atoms with van der Waals surface area (Å²) in [6.07, 6.45) is 6.64. The number of hydrogen-bond acceptors (Lipinski definition) is 5. The lowest BCUT2D eigenvalue weighted by molar-refractivity contribution is 0.382.